The topological polar surface area (TPSA) is 139 Å². The molecule has 1 N–H and O–H groups in total. The molecule has 47 heavy (non-hydrogen) atoms. The number of para-hydroxylation sites is 1. The Morgan fingerprint density at radius 2 is 1.32 bits per heavy atom. The van der Waals surface area contributed by atoms with Crippen LogP contribution in [0.4, 0.5) is 10.5 Å². The van der Waals surface area contributed by atoms with E-state index < -0.39 is 48.3 Å². The van der Waals surface area contributed by atoms with Gasteiger partial charge in [-0.15, -0.1) is 6.58 Å². The molecule has 12 heteroatoms. The van der Waals surface area contributed by atoms with E-state index in [0.29, 0.717) is 0 Å². The van der Waals surface area contributed by atoms with Gasteiger partial charge in [-0.1, -0.05) is 12.1 Å². The van der Waals surface area contributed by atoms with Crippen molar-refractivity contribution >= 4 is 29.6 Å². The Kier molecular flexibility index (Phi) is 13.7. The van der Waals surface area contributed by atoms with E-state index in [2.05, 4.69) is 11.9 Å². The van der Waals surface area contributed by atoms with Crippen molar-refractivity contribution in [2.24, 2.45) is 0 Å². The largest absolute Gasteiger partial charge is 0.491 e. The second-order valence-electron chi connectivity index (χ2n) is 13.0. The van der Waals surface area contributed by atoms with Gasteiger partial charge in [0.25, 0.3) is 5.91 Å². The van der Waals surface area contributed by atoms with Gasteiger partial charge in [-0.3, -0.25) is 9.69 Å². The summed E-state index contributed by atoms with van der Waals surface area (Å²) < 4.78 is 33.7. The summed E-state index contributed by atoms with van der Waals surface area (Å²) in [6.45, 7) is 20.3. The number of hydrogen-bond acceptors (Lipinski definition) is 10. The number of anilines is 1. The van der Waals surface area contributed by atoms with Crippen LogP contribution in [0.25, 0.3) is 0 Å². The second-order valence-corrected chi connectivity index (χ2v) is 13.0. The fourth-order valence-corrected chi connectivity index (χ4v) is 3.96. The molecule has 12 nitrogen and oxygen atoms in total. The van der Waals surface area contributed by atoms with Gasteiger partial charge in [-0.05, 0) is 93.5 Å². The molecule has 0 aliphatic rings. The molecule has 0 aromatic heterocycles. The van der Waals surface area contributed by atoms with Crippen molar-refractivity contribution in [3.05, 3.63) is 54.6 Å². The summed E-state index contributed by atoms with van der Waals surface area (Å²) in [5.74, 6) is -1.09. The zero-order valence-corrected chi connectivity index (χ0v) is 29.1. The summed E-state index contributed by atoms with van der Waals surface area (Å²) in [6, 6.07) is 8.38. The van der Waals surface area contributed by atoms with Gasteiger partial charge in [0.05, 0.1) is 12.2 Å². The summed E-state index contributed by atoms with van der Waals surface area (Å²) in [4.78, 5) is 53.2. The molecule has 2 rings (SSSR count). The van der Waals surface area contributed by atoms with Crippen LogP contribution in [0.15, 0.2) is 49.1 Å². The van der Waals surface area contributed by atoms with Crippen LogP contribution in [-0.2, 0) is 19.1 Å². The summed E-state index contributed by atoms with van der Waals surface area (Å²) >= 11 is 0. The standard InChI is InChI=1S/C35H48N2O10/c1-12-16-37(32(40)24-17-25(19-26(18-24)44-22(2)3)42-20-29(38)46-34(6,7)8)33(41)36-31-27(14-13-15-28(31)45-23(4)5)43-21-30(39)47-35(9,10)11/h12-15,17-19,22-23H,1,16,20-21H2,2-11H3,(H,36,41). The number of imide groups is 1. The third kappa shape index (κ3) is 13.6. The second kappa shape index (κ2) is 16.7. The highest BCUT2D eigenvalue weighted by Crippen LogP contribution is 2.36. The lowest BCUT2D eigenvalue weighted by Gasteiger charge is -2.24. The molecule has 0 spiro atoms. The van der Waals surface area contributed by atoms with Crippen molar-refractivity contribution < 1.29 is 47.6 Å². The maximum atomic E-state index is 13.9. The first kappa shape index (κ1) is 38.4. The Morgan fingerprint density at radius 3 is 1.85 bits per heavy atom. The lowest BCUT2D eigenvalue weighted by molar-refractivity contribution is -0.158. The van der Waals surface area contributed by atoms with E-state index in [4.69, 9.17) is 28.4 Å². The van der Waals surface area contributed by atoms with E-state index in [0.717, 1.165) is 4.90 Å². The Labute approximate surface area is 277 Å². The number of benzene rings is 2. The van der Waals surface area contributed by atoms with E-state index in [1.54, 1.807) is 59.7 Å². The van der Waals surface area contributed by atoms with Crippen LogP contribution < -0.4 is 24.3 Å². The van der Waals surface area contributed by atoms with Crippen LogP contribution in [0.5, 0.6) is 23.0 Å². The van der Waals surface area contributed by atoms with Crippen molar-refractivity contribution in [2.75, 3.05) is 25.1 Å². The van der Waals surface area contributed by atoms with Crippen LogP contribution >= 0.6 is 0 Å². The smallest absolute Gasteiger partial charge is 0.344 e. The number of esters is 2. The number of carbonyl (C=O) groups is 4. The zero-order chi connectivity index (χ0) is 35.5. The molecule has 0 saturated carbocycles. The van der Waals surface area contributed by atoms with Gasteiger partial charge >= 0.3 is 18.0 Å². The third-order valence-corrected chi connectivity index (χ3v) is 5.43. The molecule has 2 aromatic carbocycles. The van der Waals surface area contributed by atoms with Crippen molar-refractivity contribution in [1.82, 2.24) is 4.90 Å². The highest BCUT2D eigenvalue weighted by atomic mass is 16.6. The molecule has 0 fully saturated rings. The summed E-state index contributed by atoms with van der Waals surface area (Å²) in [6.07, 6.45) is 0.867. The van der Waals surface area contributed by atoms with Crippen LogP contribution in [-0.4, -0.2) is 71.9 Å². The van der Waals surface area contributed by atoms with Crippen LogP contribution in [0, 0.1) is 0 Å². The monoisotopic (exact) mass is 656 g/mol. The van der Waals surface area contributed by atoms with E-state index in [1.165, 1.54) is 24.3 Å². The van der Waals surface area contributed by atoms with Gasteiger partial charge < -0.3 is 33.7 Å². The first-order valence-corrected chi connectivity index (χ1v) is 15.3. The van der Waals surface area contributed by atoms with E-state index in [-0.39, 0.29) is 53.0 Å². The van der Waals surface area contributed by atoms with Gasteiger partial charge in [0, 0.05) is 18.2 Å². The van der Waals surface area contributed by atoms with Gasteiger partial charge in [0.2, 0.25) is 0 Å². The molecular weight excluding hydrogens is 608 g/mol. The predicted molar refractivity (Wildman–Crippen MR) is 177 cm³/mol. The summed E-state index contributed by atoms with van der Waals surface area (Å²) in [7, 11) is 0. The van der Waals surface area contributed by atoms with Crippen molar-refractivity contribution in [2.45, 2.75) is 92.6 Å². The molecule has 0 atom stereocenters. The number of hydrogen-bond donors (Lipinski definition) is 1. The van der Waals surface area contributed by atoms with Gasteiger partial charge in [0.15, 0.2) is 13.2 Å². The maximum absolute atomic E-state index is 13.9. The fraction of sp³-hybridized carbons (Fsp3) is 0.486. The molecule has 258 valence electrons. The Hall–Kier alpha value is -4.74. The Balaban J connectivity index is 2.43. The first-order valence-electron chi connectivity index (χ1n) is 15.3. The zero-order valence-electron chi connectivity index (χ0n) is 29.1. The molecule has 0 saturated heterocycles. The minimum absolute atomic E-state index is 0.0486. The van der Waals surface area contributed by atoms with Gasteiger partial charge in [-0.2, -0.15) is 0 Å². The number of nitrogens with zero attached hydrogens (tertiary/aromatic N) is 1. The van der Waals surface area contributed by atoms with E-state index in [1.807, 2.05) is 27.7 Å². The number of urea groups is 1. The molecule has 0 aliphatic heterocycles. The quantitative estimate of drug-likeness (QED) is 0.176. The predicted octanol–water partition coefficient (Wildman–Crippen LogP) is 6.56. The van der Waals surface area contributed by atoms with Gasteiger partial charge in [-0.25, -0.2) is 14.4 Å². The van der Waals surface area contributed by atoms with Crippen LogP contribution in [0.3, 0.4) is 0 Å². The summed E-state index contributed by atoms with van der Waals surface area (Å²) in [5, 5.41) is 2.71. The lowest BCUT2D eigenvalue weighted by Crippen LogP contribution is -2.40. The SMILES string of the molecule is C=CCN(C(=O)Nc1c(OCC(=O)OC(C)(C)C)cccc1OC(C)C)C(=O)c1cc(OCC(=O)OC(C)(C)C)cc(OC(C)C)c1. The van der Waals surface area contributed by atoms with E-state index in [9.17, 15) is 19.2 Å². The lowest BCUT2D eigenvalue weighted by atomic mass is 10.1. The molecule has 0 heterocycles. The van der Waals surface area contributed by atoms with Gasteiger partial charge in [0.1, 0.15) is 39.9 Å². The number of nitrogens with one attached hydrogen (secondary N) is 1. The van der Waals surface area contributed by atoms with Crippen molar-refractivity contribution in [3.8, 4) is 23.0 Å². The fourth-order valence-electron chi connectivity index (χ4n) is 3.96. The highest BCUT2D eigenvalue weighted by Gasteiger charge is 2.27. The molecule has 3 amide bonds. The van der Waals surface area contributed by atoms with Crippen LogP contribution in [0.2, 0.25) is 0 Å². The maximum Gasteiger partial charge on any atom is 0.344 e. The molecule has 0 unspecified atom stereocenters. The number of amides is 3. The van der Waals surface area contributed by atoms with E-state index >= 15 is 0 Å². The average Bonchev–Trinajstić information content (AvgIpc) is 2.92. The first-order chi connectivity index (χ1) is 21.8. The Morgan fingerprint density at radius 1 is 0.787 bits per heavy atom. The number of rotatable bonds is 14. The minimum Gasteiger partial charge on any atom is -0.491 e. The summed E-state index contributed by atoms with van der Waals surface area (Å²) in [5.41, 5.74) is -1.27. The normalized spacial score (nSPS) is 11.4. The highest BCUT2D eigenvalue weighted by molar-refractivity contribution is 6.09. The third-order valence-electron chi connectivity index (χ3n) is 5.43. The molecular formula is C35H48N2O10. The average molecular weight is 657 g/mol. The number of ether oxygens (including phenoxy) is 6. The minimum atomic E-state index is -0.830. The Bertz CT molecular complexity index is 1420. The molecule has 0 radical (unpaired) electrons. The molecule has 0 aliphatic carbocycles. The number of carbonyl (C=O) groups excluding carboxylic acids is 4. The van der Waals surface area contributed by atoms with Crippen molar-refractivity contribution in [3.63, 3.8) is 0 Å². The van der Waals surface area contributed by atoms with Crippen molar-refractivity contribution in [1.29, 1.82) is 0 Å². The molecule has 2 aromatic rings. The molecule has 0 bridgehead atoms. The van der Waals surface area contributed by atoms with Crippen LogP contribution in [0.1, 0.15) is 79.6 Å².